The van der Waals surface area contributed by atoms with Crippen LogP contribution in [0.15, 0.2) is 18.2 Å². The molecule has 2 N–H and O–H groups in total. The first-order chi connectivity index (χ1) is 9.29. The SMILES string of the molecule is COc1ccc(OC)c(C(O)CNC(C)C(C)(C)C)c1. The van der Waals surface area contributed by atoms with Gasteiger partial charge in [0.15, 0.2) is 0 Å². The number of rotatable bonds is 6. The van der Waals surface area contributed by atoms with Gasteiger partial charge in [0.2, 0.25) is 0 Å². The summed E-state index contributed by atoms with van der Waals surface area (Å²) < 4.78 is 10.5. The molecule has 0 aliphatic heterocycles. The second kappa shape index (κ2) is 6.95. The third-order valence-electron chi connectivity index (χ3n) is 3.71. The number of benzene rings is 1. The van der Waals surface area contributed by atoms with Gasteiger partial charge in [-0.3, -0.25) is 0 Å². The third-order valence-corrected chi connectivity index (χ3v) is 3.71. The van der Waals surface area contributed by atoms with Crippen LogP contribution in [-0.4, -0.2) is 31.9 Å². The summed E-state index contributed by atoms with van der Waals surface area (Å²) in [5, 5.41) is 13.7. The molecular weight excluding hydrogens is 254 g/mol. The first kappa shape index (κ1) is 16.8. The summed E-state index contributed by atoms with van der Waals surface area (Å²) in [6.07, 6.45) is -0.634. The molecule has 114 valence electrons. The van der Waals surface area contributed by atoms with Gasteiger partial charge in [0.25, 0.3) is 0 Å². The largest absolute Gasteiger partial charge is 0.497 e. The van der Waals surface area contributed by atoms with Crippen molar-refractivity contribution in [3.05, 3.63) is 23.8 Å². The number of aliphatic hydroxyl groups excluding tert-OH is 1. The Balaban J connectivity index is 2.78. The lowest BCUT2D eigenvalue weighted by atomic mass is 9.88. The molecule has 2 atom stereocenters. The van der Waals surface area contributed by atoms with Gasteiger partial charge < -0.3 is 19.9 Å². The Morgan fingerprint density at radius 1 is 1.20 bits per heavy atom. The molecule has 4 heteroatoms. The molecule has 0 aromatic heterocycles. The molecule has 0 fully saturated rings. The fourth-order valence-corrected chi connectivity index (χ4v) is 1.80. The molecule has 0 amide bonds. The summed E-state index contributed by atoms with van der Waals surface area (Å²) in [6.45, 7) is 9.10. The zero-order chi connectivity index (χ0) is 15.3. The molecule has 0 saturated heterocycles. The summed E-state index contributed by atoms with van der Waals surface area (Å²) in [6, 6.07) is 5.74. The fourth-order valence-electron chi connectivity index (χ4n) is 1.80. The fraction of sp³-hybridized carbons (Fsp3) is 0.625. The molecule has 1 rings (SSSR count). The number of methoxy groups -OCH3 is 2. The van der Waals surface area contributed by atoms with Crippen molar-refractivity contribution in [2.45, 2.75) is 39.8 Å². The minimum Gasteiger partial charge on any atom is -0.497 e. The average Bonchev–Trinajstić information content (AvgIpc) is 2.42. The Labute approximate surface area is 122 Å². The van der Waals surface area contributed by atoms with Crippen molar-refractivity contribution in [3.63, 3.8) is 0 Å². The van der Waals surface area contributed by atoms with Crippen molar-refractivity contribution in [3.8, 4) is 11.5 Å². The molecule has 2 unspecified atom stereocenters. The lowest BCUT2D eigenvalue weighted by Crippen LogP contribution is -2.39. The van der Waals surface area contributed by atoms with Crippen molar-refractivity contribution in [2.24, 2.45) is 5.41 Å². The molecule has 0 aliphatic rings. The van der Waals surface area contributed by atoms with Crippen LogP contribution in [0.25, 0.3) is 0 Å². The van der Waals surface area contributed by atoms with E-state index in [1.807, 2.05) is 18.2 Å². The predicted molar refractivity (Wildman–Crippen MR) is 81.4 cm³/mol. The van der Waals surface area contributed by atoms with E-state index < -0.39 is 6.10 Å². The Morgan fingerprint density at radius 3 is 2.35 bits per heavy atom. The molecule has 1 aromatic rings. The highest BCUT2D eigenvalue weighted by Crippen LogP contribution is 2.29. The molecular formula is C16H27NO3. The van der Waals surface area contributed by atoms with Crippen LogP contribution in [0.5, 0.6) is 11.5 Å². The van der Waals surface area contributed by atoms with Gasteiger partial charge >= 0.3 is 0 Å². The smallest absolute Gasteiger partial charge is 0.124 e. The van der Waals surface area contributed by atoms with E-state index in [1.165, 1.54) is 0 Å². The maximum Gasteiger partial charge on any atom is 0.124 e. The van der Waals surface area contributed by atoms with Crippen molar-refractivity contribution < 1.29 is 14.6 Å². The summed E-state index contributed by atoms with van der Waals surface area (Å²) in [5.41, 5.74) is 0.888. The van der Waals surface area contributed by atoms with Gasteiger partial charge in [-0.15, -0.1) is 0 Å². The number of ether oxygens (including phenoxy) is 2. The summed E-state index contributed by atoms with van der Waals surface area (Å²) in [4.78, 5) is 0. The number of hydrogen-bond donors (Lipinski definition) is 2. The number of aliphatic hydroxyl groups is 1. The van der Waals surface area contributed by atoms with E-state index in [2.05, 4.69) is 33.0 Å². The minimum absolute atomic E-state index is 0.151. The van der Waals surface area contributed by atoms with E-state index in [4.69, 9.17) is 9.47 Å². The van der Waals surface area contributed by atoms with Gasteiger partial charge in [0, 0.05) is 18.2 Å². The van der Waals surface area contributed by atoms with Crippen molar-refractivity contribution >= 4 is 0 Å². The standard InChI is InChI=1S/C16H27NO3/c1-11(16(2,3)4)17-10-14(18)13-9-12(19-5)7-8-15(13)20-6/h7-9,11,14,17-18H,10H2,1-6H3. The van der Waals surface area contributed by atoms with Crippen LogP contribution in [0.3, 0.4) is 0 Å². The zero-order valence-corrected chi connectivity index (χ0v) is 13.4. The monoisotopic (exact) mass is 281 g/mol. The van der Waals surface area contributed by atoms with E-state index >= 15 is 0 Å². The van der Waals surface area contributed by atoms with E-state index in [9.17, 15) is 5.11 Å². The van der Waals surface area contributed by atoms with Gasteiger partial charge in [0.1, 0.15) is 11.5 Å². The highest BCUT2D eigenvalue weighted by atomic mass is 16.5. The summed E-state index contributed by atoms with van der Waals surface area (Å²) in [7, 11) is 3.21. The van der Waals surface area contributed by atoms with Crippen LogP contribution in [-0.2, 0) is 0 Å². The second-order valence-corrected chi connectivity index (χ2v) is 6.12. The predicted octanol–water partition coefficient (Wildman–Crippen LogP) is 2.76. The molecule has 0 spiro atoms. The number of nitrogens with one attached hydrogen (secondary N) is 1. The first-order valence-electron chi connectivity index (χ1n) is 6.93. The summed E-state index contributed by atoms with van der Waals surface area (Å²) in [5.74, 6) is 1.38. The van der Waals surface area contributed by atoms with Crippen LogP contribution in [0.2, 0.25) is 0 Å². The lowest BCUT2D eigenvalue weighted by Gasteiger charge is -2.29. The molecule has 4 nitrogen and oxygen atoms in total. The molecule has 0 heterocycles. The molecule has 0 radical (unpaired) electrons. The summed E-state index contributed by atoms with van der Waals surface area (Å²) >= 11 is 0. The highest BCUT2D eigenvalue weighted by molar-refractivity contribution is 5.41. The molecule has 0 bridgehead atoms. The van der Waals surface area contributed by atoms with Crippen molar-refractivity contribution in [1.29, 1.82) is 0 Å². The molecule has 20 heavy (non-hydrogen) atoms. The van der Waals surface area contributed by atoms with Crippen LogP contribution in [0.4, 0.5) is 0 Å². The third kappa shape index (κ3) is 4.39. The van der Waals surface area contributed by atoms with Crippen molar-refractivity contribution in [1.82, 2.24) is 5.32 Å². The highest BCUT2D eigenvalue weighted by Gasteiger charge is 2.21. The average molecular weight is 281 g/mol. The van der Waals surface area contributed by atoms with Crippen LogP contribution in [0.1, 0.15) is 39.4 Å². The van der Waals surface area contributed by atoms with E-state index in [0.717, 1.165) is 5.56 Å². The van der Waals surface area contributed by atoms with Gasteiger partial charge in [-0.1, -0.05) is 20.8 Å². The normalized spacial score (nSPS) is 14.8. The topological polar surface area (TPSA) is 50.7 Å². The zero-order valence-electron chi connectivity index (χ0n) is 13.4. The lowest BCUT2D eigenvalue weighted by molar-refractivity contribution is 0.154. The van der Waals surface area contributed by atoms with Gasteiger partial charge in [0.05, 0.1) is 20.3 Å². The second-order valence-electron chi connectivity index (χ2n) is 6.12. The maximum absolute atomic E-state index is 10.4. The van der Waals surface area contributed by atoms with Gasteiger partial charge in [-0.2, -0.15) is 0 Å². The number of hydrogen-bond acceptors (Lipinski definition) is 4. The molecule has 0 saturated carbocycles. The van der Waals surface area contributed by atoms with Crippen molar-refractivity contribution in [2.75, 3.05) is 20.8 Å². The van der Waals surface area contributed by atoms with E-state index in [0.29, 0.717) is 24.1 Å². The van der Waals surface area contributed by atoms with Crippen LogP contribution in [0, 0.1) is 5.41 Å². The van der Waals surface area contributed by atoms with E-state index in [-0.39, 0.29) is 5.41 Å². The molecule has 1 aromatic carbocycles. The Bertz CT molecular complexity index is 426. The van der Waals surface area contributed by atoms with Crippen LogP contribution >= 0.6 is 0 Å². The van der Waals surface area contributed by atoms with E-state index in [1.54, 1.807) is 14.2 Å². The minimum atomic E-state index is -0.634. The Morgan fingerprint density at radius 2 is 1.85 bits per heavy atom. The van der Waals surface area contributed by atoms with Gasteiger partial charge in [-0.25, -0.2) is 0 Å². The molecule has 0 aliphatic carbocycles. The quantitative estimate of drug-likeness (QED) is 0.842. The first-order valence-corrected chi connectivity index (χ1v) is 6.93. The van der Waals surface area contributed by atoms with Crippen LogP contribution < -0.4 is 14.8 Å². The maximum atomic E-state index is 10.4. The Hall–Kier alpha value is -1.26. The Kier molecular flexibility index (Phi) is 5.84. The van der Waals surface area contributed by atoms with Gasteiger partial charge in [-0.05, 0) is 30.5 Å².